The summed E-state index contributed by atoms with van der Waals surface area (Å²) in [5.41, 5.74) is 5.63. The number of hydrogen-bond donors (Lipinski definition) is 1. The van der Waals surface area contributed by atoms with E-state index in [-0.39, 0.29) is 23.1 Å². The minimum atomic E-state index is -4.62. The van der Waals surface area contributed by atoms with Crippen LogP contribution in [0.3, 0.4) is 0 Å². The number of imidazole rings is 1. The molecule has 1 amide bonds. The highest BCUT2D eigenvalue weighted by atomic mass is 32.2. The molecular formula is C20H20F2N4O5S. The van der Waals surface area contributed by atoms with Crippen LogP contribution in [-0.4, -0.2) is 29.0 Å². The molecule has 3 rings (SSSR count). The Morgan fingerprint density at radius 3 is 2.44 bits per heavy atom. The zero-order valence-corrected chi connectivity index (χ0v) is 18.0. The molecule has 32 heavy (non-hydrogen) atoms. The zero-order chi connectivity index (χ0) is 23.5. The first-order valence-corrected chi connectivity index (χ1v) is 10.8. The van der Waals surface area contributed by atoms with Crippen molar-refractivity contribution in [3.05, 3.63) is 71.4 Å². The second kappa shape index (κ2) is 9.30. The molecule has 3 aromatic rings. The lowest BCUT2D eigenvalue weighted by Crippen LogP contribution is -2.20. The lowest BCUT2D eigenvalue weighted by Gasteiger charge is -2.14. The Morgan fingerprint density at radius 1 is 1.19 bits per heavy atom. The largest absolute Gasteiger partial charge is 0.442 e. The molecule has 0 fully saturated rings. The van der Waals surface area contributed by atoms with E-state index in [1.165, 1.54) is 10.8 Å². The second-order valence-electron chi connectivity index (χ2n) is 7.03. The van der Waals surface area contributed by atoms with Crippen LogP contribution in [-0.2, 0) is 28.0 Å². The lowest BCUT2D eigenvalue weighted by atomic mass is 10.1. The summed E-state index contributed by atoms with van der Waals surface area (Å²) in [6.45, 7) is 2.93. The van der Waals surface area contributed by atoms with Crippen LogP contribution in [0, 0.1) is 11.6 Å². The molecule has 9 nitrogen and oxygen atoms in total. The van der Waals surface area contributed by atoms with E-state index in [1.807, 2.05) is 0 Å². The van der Waals surface area contributed by atoms with Gasteiger partial charge in [-0.1, -0.05) is 19.9 Å². The number of carbonyl (C=O) groups excluding carboxylic acids is 1. The van der Waals surface area contributed by atoms with Gasteiger partial charge in [0, 0.05) is 24.4 Å². The van der Waals surface area contributed by atoms with Crippen LogP contribution in [0.15, 0.2) is 47.6 Å². The van der Waals surface area contributed by atoms with Gasteiger partial charge in [0.2, 0.25) is 0 Å². The topological polar surface area (TPSA) is 126 Å². The number of rotatable bonds is 8. The molecule has 0 aliphatic carbocycles. The van der Waals surface area contributed by atoms with Crippen LogP contribution in [0.5, 0.6) is 5.75 Å². The number of nitrogens with zero attached hydrogens (tertiary/aromatic N) is 3. The summed E-state index contributed by atoms with van der Waals surface area (Å²) in [7, 11) is -4.62. The fourth-order valence-electron chi connectivity index (χ4n) is 2.95. The smallest absolute Gasteiger partial charge is 0.404 e. The molecule has 0 aliphatic rings. The molecule has 170 valence electrons. The molecule has 0 saturated heterocycles. The number of pyridine rings is 1. The maximum absolute atomic E-state index is 13.6. The van der Waals surface area contributed by atoms with Crippen LogP contribution in [0.4, 0.5) is 13.6 Å². The number of amides is 1. The SMILES string of the molecule is CC(C)c1nc(COC(N)=O)n(Cc2ccccn2)c1S(=O)(=O)Oc1cc(F)cc(F)c1. The molecule has 0 aliphatic heterocycles. The van der Waals surface area contributed by atoms with Crippen LogP contribution in [0.1, 0.15) is 37.0 Å². The molecule has 0 saturated carbocycles. The molecule has 1 aromatic carbocycles. The summed E-state index contributed by atoms with van der Waals surface area (Å²) in [5, 5.41) is -0.356. The van der Waals surface area contributed by atoms with Crippen molar-refractivity contribution in [1.82, 2.24) is 14.5 Å². The minimum absolute atomic E-state index is 0.0621. The fraction of sp³-hybridized carbons (Fsp3) is 0.250. The van der Waals surface area contributed by atoms with E-state index < -0.39 is 46.1 Å². The van der Waals surface area contributed by atoms with E-state index in [4.69, 9.17) is 14.7 Å². The molecule has 0 atom stereocenters. The van der Waals surface area contributed by atoms with Crippen molar-refractivity contribution in [2.24, 2.45) is 5.73 Å². The number of hydrogen-bond acceptors (Lipinski definition) is 7. The summed E-state index contributed by atoms with van der Waals surface area (Å²) >= 11 is 0. The van der Waals surface area contributed by atoms with Gasteiger partial charge in [0.1, 0.15) is 23.2 Å². The molecule has 0 unspecified atom stereocenters. The van der Waals surface area contributed by atoms with Crippen molar-refractivity contribution in [3.8, 4) is 5.75 Å². The van der Waals surface area contributed by atoms with Gasteiger partial charge in [0.25, 0.3) is 0 Å². The number of aromatic nitrogens is 3. The summed E-state index contributed by atoms with van der Waals surface area (Å²) in [5.74, 6) is -2.87. The van der Waals surface area contributed by atoms with Gasteiger partial charge in [-0.2, -0.15) is 8.42 Å². The summed E-state index contributed by atoms with van der Waals surface area (Å²) in [4.78, 5) is 19.6. The lowest BCUT2D eigenvalue weighted by molar-refractivity contribution is 0.145. The van der Waals surface area contributed by atoms with Gasteiger partial charge in [-0.25, -0.2) is 18.6 Å². The number of primary amides is 1. The molecule has 2 aromatic heterocycles. The summed E-state index contributed by atoms with van der Waals surface area (Å²) < 4.78 is 64.7. The quantitative estimate of drug-likeness (QED) is 0.506. The highest BCUT2D eigenvalue weighted by Crippen LogP contribution is 2.29. The van der Waals surface area contributed by atoms with Crippen molar-refractivity contribution in [3.63, 3.8) is 0 Å². The third-order valence-electron chi connectivity index (χ3n) is 4.24. The van der Waals surface area contributed by atoms with Crippen LogP contribution in [0.2, 0.25) is 0 Å². The van der Waals surface area contributed by atoms with Crippen LogP contribution >= 0.6 is 0 Å². The number of nitrogens with two attached hydrogens (primary N) is 1. The maximum atomic E-state index is 13.6. The van der Waals surface area contributed by atoms with E-state index in [2.05, 4.69) is 9.97 Å². The van der Waals surface area contributed by atoms with Gasteiger partial charge in [-0.05, 0) is 18.1 Å². The molecule has 2 heterocycles. The van der Waals surface area contributed by atoms with Crippen molar-refractivity contribution in [2.75, 3.05) is 0 Å². The Balaban J connectivity index is 2.15. The summed E-state index contributed by atoms with van der Waals surface area (Å²) in [6, 6.07) is 7.13. The normalized spacial score (nSPS) is 11.5. The third-order valence-corrected chi connectivity index (χ3v) is 5.56. The van der Waals surface area contributed by atoms with E-state index in [9.17, 15) is 22.0 Å². The number of benzene rings is 1. The molecule has 0 radical (unpaired) electrons. The molecule has 0 spiro atoms. The first-order chi connectivity index (χ1) is 15.1. The first-order valence-electron chi connectivity index (χ1n) is 9.39. The number of carbonyl (C=O) groups is 1. The van der Waals surface area contributed by atoms with Crippen LogP contribution < -0.4 is 9.92 Å². The van der Waals surface area contributed by atoms with E-state index in [0.717, 1.165) is 12.1 Å². The predicted octanol–water partition coefficient (Wildman–Crippen LogP) is 3.09. The molecule has 0 bridgehead atoms. The third kappa shape index (κ3) is 5.38. The average Bonchev–Trinajstić information content (AvgIpc) is 3.05. The predicted molar refractivity (Wildman–Crippen MR) is 108 cm³/mol. The Hall–Kier alpha value is -3.54. The van der Waals surface area contributed by atoms with Gasteiger partial charge in [0.05, 0.1) is 17.9 Å². The Morgan fingerprint density at radius 2 is 1.88 bits per heavy atom. The van der Waals surface area contributed by atoms with Gasteiger partial charge in [-0.15, -0.1) is 0 Å². The maximum Gasteiger partial charge on any atom is 0.404 e. The van der Waals surface area contributed by atoms with Gasteiger partial charge < -0.3 is 19.2 Å². The molecular weight excluding hydrogens is 446 g/mol. The van der Waals surface area contributed by atoms with Gasteiger partial charge in [-0.3, -0.25) is 4.98 Å². The first kappa shape index (κ1) is 23.1. The second-order valence-corrected chi connectivity index (χ2v) is 8.49. The molecule has 2 N–H and O–H groups in total. The van der Waals surface area contributed by atoms with E-state index in [0.29, 0.717) is 11.8 Å². The molecule has 12 heteroatoms. The Labute approximate surface area is 182 Å². The van der Waals surface area contributed by atoms with Gasteiger partial charge in [0.15, 0.2) is 11.6 Å². The Bertz CT molecular complexity index is 1210. The van der Waals surface area contributed by atoms with Gasteiger partial charge >= 0.3 is 16.2 Å². The number of halogens is 2. The van der Waals surface area contributed by atoms with Crippen molar-refractivity contribution >= 4 is 16.2 Å². The minimum Gasteiger partial charge on any atom is -0.442 e. The average molecular weight is 466 g/mol. The zero-order valence-electron chi connectivity index (χ0n) is 17.2. The summed E-state index contributed by atoms with van der Waals surface area (Å²) in [6.07, 6.45) is 0.453. The van der Waals surface area contributed by atoms with E-state index >= 15 is 0 Å². The highest BCUT2D eigenvalue weighted by molar-refractivity contribution is 7.87. The number of ether oxygens (including phenoxy) is 1. The standard InChI is InChI=1S/C20H20F2N4O5S/c1-12(2)18-19(32(28,29)31-16-8-13(21)7-14(22)9-16)26(10-15-5-3-4-6-24-15)17(25-18)11-30-20(23)27/h3-9,12H,10-11H2,1-2H3,(H2,23,27). The van der Waals surface area contributed by atoms with Crippen molar-refractivity contribution in [2.45, 2.75) is 37.9 Å². The Kier molecular flexibility index (Phi) is 6.72. The van der Waals surface area contributed by atoms with E-state index in [1.54, 1.807) is 32.0 Å². The highest BCUT2D eigenvalue weighted by Gasteiger charge is 2.32. The van der Waals surface area contributed by atoms with Crippen molar-refractivity contribution < 1.29 is 30.9 Å². The van der Waals surface area contributed by atoms with Crippen molar-refractivity contribution in [1.29, 1.82) is 0 Å². The monoisotopic (exact) mass is 466 g/mol. The van der Waals surface area contributed by atoms with Crippen LogP contribution in [0.25, 0.3) is 0 Å². The fourth-order valence-corrected chi connectivity index (χ4v) is 4.35.